The van der Waals surface area contributed by atoms with Crippen molar-refractivity contribution >= 4 is 22.5 Å². The maximum atomic E-state index is 13.6. The van der Waals surface area contributed by atoms with E-state index in [1.54, 1.807) is 6.92 Å². The number of ether oxygens (including phenoxy) is 2. The van der Waals surface area contributed by atoms with Gasteiger partial charge < -0.3 is 29.9 Å². The van der Waals surface area contributed by atoms with Crippen molar-refractivity contribution in [1.29, 1.82) is 0 Å². The minimum Gasteiger partial charge on any atom is -0.508 e. The van der Waals surface area contributed by atoms with Crippen LogP contribution in [0, 0.1) is 6.92 Å². The van der Waals surface area contributed by atoms with Crippen LogP contribution < -0.4 is 4.74 Å². The number of hydrogen-bond acceptors (Lipinski definition) is 7. The Morgan fingerprint density at radius 3 is 2.47 bits per heavy atom. The van der Waals surface area contributed by atoms with Gasteiger partial charge in [-0.3, -0.25) is 4.79 Å². The van der Waals surface area contributed by atoms with Gasteiger partial charge in [0.25, 0.3) is 0 Å². The molecule has 2 aromatic rings. The Kier molecular flexibility index (Phi) is 4.15. The number of aryl methyl sites for hydroxylation is 1. The number of methoxy groups -OCH3 is 1. The van der Waals surface area contributed by atoms with Gasteiger partial charge in [0.2, 0.25) is 5.78 Å². The lowest BCUT2D eigenvalue weighted by Crippen LogP contribution is -2.40. The Bertz CT molecular complexity index is 1130. The third-order valence-electron chi connectivity index (χ3n) is 6.75. The molecule has 1 heterocycles. The standard InChI is InChI=1S/C22H24O8/c1-8-6-10(23)15-13-12(8)18-16(21(3,4)9(2)30-18)17(25)14(13)19(26)22(15,29-5)7-11(24)20(27)28/h6,9,11,23-25H,7H2,1-5H3,(H,27,28). The molecule has 3 unspecified atom stereocenters. The van der Waals surface area contributed by atoms with Crippen molar-refractivity contribution < 1.29 is 39.5 Å². The van der Waals surface area contributed by atoms with Crippen LogP contribution in [-0.4, -0.2) is 51.5 Å². The fourth-order valence-corrected chi connectivity index (χ4v) is 4.84. The molecule has 0 fully saturated rings. The van der Waals surface area contributed by atoms with Gasteiger partial charge in [-0.15, -0.1) is 0 Å². The summed E-state index contributed by atoms with van der Waals surface area (Å²) in [7, 11) is 1.21. The molecule has 2 aromatic carbocycles. The van der Waals surface area contributed by atoms with Gasteiger partial charge in [0, 0.05) is 40.8 Å². The summed E-state index contributed by atoms with van der Waals surface area (Å²) in [5.41, 5.74) is -1.47. The molecular weight excluding hydrogens is 392 g/mol. The second-order valence-electron chi connectivity index (χ2n) is 8.67. The van der Waals surface area contributed by atoms with Crippen LogP contribution in [0.2, 0.25) is 0 Å². The molecule has 0 radical (unpaired) electrons. The van der Waals surface area contributed by atoms with Crippen LogP contribution in [0.15, 0.2) is 6.07 Å². The molecule has 0 saturated heterocycles. The lowest BCUT2D eigenvalue weighted by atomic mass is 9.79. The number of hydrogen-bond donors (Lipinski definition) is 4. The molecular formula is C22H24O8. The maximum absolute atomic E-state index is 13.6. The van der Waals surface area contributed by atoms with E-state index in [-0.39, 0.29) is 34.1 Å². The fraction of sp³-hybridized carbons (Fsp3) is 0.455. The number of aliphatic carboxylic acids is 1. The van der Waals surface area contributed by atoms with E-state index in [4.69, 9.17) is 9.47 Å². The van der Waals surface area contributed by atoms with E-state index < -0.39 is 35.3 Å². The quantitative estimate of drug-likeness (QED) is 0.597. The van der Waals surface area contributed by atoms with Gasteiger partial charge in [-0.2, -0.15) is 0 Å². The van der Waals surface area contributed by atoms with Gasteiger partial charge in [0.15, 0.2) is 11.7 Å². The highest BCUT2D eigenvalue weighted by Crippen LogP contribution is 2.60. The number of carboxylic acid groups (broad SMARTS) is 1. The molecule has 160 valence electrons. The van der Waals surface area contributed by atoms with Crippen molar-refractivity contribution in [3.63, 3.8) is 0 Å². The van der Waals surface area contributed by atoms with Crippen LogP contribution in [0.1, 0.15) is 54.2 Å². The van der Waals surface area contributed by atoms with Crippen molar-refractivity contribution in [2.75, 3.05) is 7.11 Å². The molecule has 8 heteroatoms. The summed E-state index contributed by atoms with van der Waals surface area (Å²) in [5.74, 6) is -2.35. The topological polar surface area (TPSA) is 134 Å². The van der Waals surface area contributed by atoms with Crippen molar-refractivity contribution in [2.45, 2.75) is 57.3 Å². The van der Waals surface area contributed by atoms with Crippen molar-refractivity contribution in [2.24, 2.45) is 0 Å². The molecule has 0 bridgehead atoms. The minimum absolute atomic E-state index is 0.0324. The maximum Gasteiger partial charge on any atom is 0.332 e. The van der Waals surface area contributed by atoms with Gasteiger partial charge in [0.1, 0.15) is 23.4 Å². The van der Waals surface area contributed by atoms with Gasteiger partial charge in [-0.25, -0.2) is 4.79 Å². The molecule has 1 aliphatic carbocycles. The number of ketones is 1. The van der Waals surface area contributed by atoms with Gasteiger partial charge in [-0.1, -0.05) is 13.8 Å². The first-order valence-electron chi connectivity index (χ1n) is 9.63. The van der Waals surface area contributed by atoms with Gasteiger partial charge in [-0.05, 0) is 25.5 Å². The second kappa shape index (κ2) is 6.09. The zero-order valence-electron chi connectivity index (χ0n) is 17.4. The average Bonchev–Trinajstić information content (AvgIpc) is 3.04. The summed E-state index contributed by atoms with van der Waals surface area (Å²) in [4.78, 5) is 24.9. The summed E-state index contributed by atoms with van der Waals surface area (Å²) in [5, 5.41) is 42.0. The van der Waals surface area contributed by atoms with Gasteiger partial charge >= 0.3 is 5.97 Å². The highest BCUT2D eigenvalue weighted by molar-refractivity contribution is 6.24. The number of Topliss-reactive ketones (excluding diaryl/α,β-unsaturated/α-hetero) is 1. The lowest BCUT2D eigenvalue weighted by molar-refractivity contribution is -0.150. The zero-order valence-corrected chi connectivity index (χ0v) is 17.4. The first-order chi connectivity index (χ1) is 13.9. The van der Waals surface area contributed by atoms with Crippen LogP contribution in [0.3, 0.4) is 0 Å². The summed E-state index contributed by atoms with van der Waals surface area (Å²) >= 11 is 0. The molecule has 4 rings (SSSR count). The predicted molar refractivity (Wildman–Crippen MR) is 106 cm³/mol. The van der Waals surface area contributed by atoms with Crippen LogP contribution in [0.25, 0.3) is 10.8 Å². The van der Waals surface area contributed by atoms with Crippen molar-refractivity contribution in [3.8, 4) is 17.2 Å². The number of phenols is 2. The molecule has 0 spiro atoms. The predicted octanol–water partition coefficient (Wildman–Crippen LogP) is 2.49. The fourth-order valence-electron chi connectivity index (χ4n) is 4.84. The molecule has 3 atom stereocenters. The smallest absolute Gasteiger partial charge is 0.332 e. The second-order valence-corrected chi connectivity index (χ2v) is 8.67. The van der Waals surface area contributed by atoms with Crippen molar-refractivity contribution in [3.05, 3.63) is 28.3 Å². The number of phenolic OH excluding ortho intramolecular Hbond substituents is 2. The number of carboxylic acids is 1. The monoisotopic (exact) mass is 416 g/mol. The molecule has 30 heavy (non-hydrogen) atoms. The van der Waals surface area contributed by atoms with Crippen molar-refractivity contribution in [1.82, 2.24) is 0 Å². The first-order valence-corrected chi connectivity index (χ1v) is 9.63. The highest BCUT2D eigenvalue weighted by Gasteiger charge is 2.56. The lowest BCUT2D eigenvalue weighted by Gasteiger charge is -2.29. The Morgan fingerprint density at radius 1 is 1.27 bits per heavy atom. The molecule has 0 saturated carbocycles. The highest BCUT2D eigenvalue weighted by atomic mass is 16.5. The Morgan fingerprint density at radius 2 is 1.90 bits per heavy atom. The number of aromatic hydroxyl groups is 2. The number of aliphatic hydroxyl groups excluding tert-OH is 1. The molecule has 0 aromatic heterocycles. The average molecular weight is 416 g/mol. The van der Waals surface area contributed by atoms with E-state index in [1.165, 1.54) is 13.2 Å². The van der Waals surface area contributed by atoms with Crippen LogP contribution in [0.5, 0.6) is 17.2 Å². The summed E-state index contributed by atoms with van der Waals surface area (Å²) in [6, 6.07) is 1.46. The number of fused-ring (bicyclic) bond motifs is 2. The molecule has 0 amide bonds. The van der Waals surface area contributed by atoms with E-state index in [0.717, 1.165) is 0 Å². The minimum atomic E-state index is -1.96. The molecule has 4 N–H and O–H groups in total. The SMILES string of the molecule is COC1(CC(O)C(=O)O)C(=O)c2c(O)c3c(c4c(C)cc(O)c1c24)OC(C)C3(C)C. The van der Waals surface area contributed by atoms with E-state index >= 15 is 0 Å². The Labute approximate surface area is 172 Å². The molecule has 8 nitrogen and oxygen atoms in total. The van der Waals surface area contributed by atoms with Crippen LogP contribution >= 0.6 is 0 Å². The van der Waals surface area contributed by atoms with E-state index in [9.17, 15) is 30.0 Å². The number of carbonyl (C=O) groups is 2. The zero-order chi connectivity index (χ0) is 22.3. The molecule has 2 aliphatic rings. The Balaban J connectivity index is 2.16. The van der Waals surface area contributed by atoms with Crippen LogP contribution in [-0.2, 0) is 20.5 Å². The number of carbonyl (C=O) groups excluding carboxylic acids is 1. The van der Waals surface area contributed by atoms with Crippen LogP contribution in [0.4, 0.5) is 0 Å². The summed E-state index contributed by atoms with van der Waals surface area (Å²) in [6.45, 7) is 7.42. The third kappa shape index (κ3) is 2.23. The summed E-state index contributed by atoms with van der Waals surface area (Å²) in [6.07, 6.45) is -2.81. The number of rotatable bonds is 4. The van der Waals surface area contributed by atoms with E-state index in [0.29, 0.717) is 22.3 Å². The number of aliphatic hydroxyl groups is 1. The number of benzene rings is 2. The first kappa shape index (κ1) is 20.4. The van der Waals surface area contributed by atoms with E-state index in [2.05, 4.69) is 0 Å². The Hall–Kier alpha value is -2.84. The third-order valence-corrected chi connectivity index (χ3v) is 6.75. The van der Waals surface area contributed by atoms with E-state index in [1.807, 2.05) is 20.8 Å². The molecule has 1 aliphatic heterocycles. The summed E-state index contributed by atoms with van der Waals surface area (Å²) < 4.78 is 11.6. The van der Waals surface area contributed by atoms with Gasteiger partial charge in [0.05, 0.1) is 5.56 Å². The normalized spacial score (nSPS) is 24.7. The largest absolute Gasteiger partial charge is 0.508 e.